The number of allylic oxidation sites excluding steroid dienone is 1. The summed E-state index contributed by atoms with van der Waals surface area (Å²) in [5.41, 5.74) is 15.0. The largest absolute Gasteiger partial charge is 0.296 e. The Balaban J connectivity index is 1.12. The van der Waals surface area contributed by atoms with E-state index in [0.29, 0.717) is 0 Å². The summed E-state index contributed by atoms with van der Waals surface area (Å²) in [6, 6.07) is 70.2. The van der Waals surface area contributed by atoms with Gasteiger partial charge in [0.25, 0.3) is 5.82 Å². The summed E-state index contributed by atoms with van der Waals surface area (Å²) in [7, 11) is 0.717. The molecule has 1 aliphatic heterocycles. The minimum absolute atomic E-state index is 0.128. The van der Waals surface area contributed by atoms with E-state index in [1.807, 2.05) is 11.3 Å². The van der Waals surface area contributed by atoms with E-state index in [1.165, 1.54) is 103 Å². The van der Waals surface area contributed by atoms with Crippen molar-refractivity contribution in [3.8, 4) is 50.6 Å². The van der Waals surface area contributed by atoms with Gasteiger partial charge in [-0.2, -0.15) is 9.13 Å². The molecule has 3 aromatic heterocycles. The molecule has 5 heteroatoms. The molecule has 324 valence electrons. The number of nitrogens with zero attached hydrogens (tertiary/aromatic N) is 3. The fourth-order valence-corrected chi connectivity index (χ4v) is 13.5. The van der Waals surface area contributed by atoms with Crippen molar-refractivity contribution in [1.82, 2.24) is 4.57 Å². The van der Waals surface area contributed by atoms with Gasteiger partial charge in [0.15, 0.2) is 23.3 Å². The molecule has 0 saturated heterocycles. The third-order valence-corrected chi connectivity index (χ3v) is 17.7. The van der Waals surface area contributed by atoms with E-state index in [-0.39, 0.29) is 12.0 Å². The van der Waals surface area contributed by atoms with Crippen LogP contribution >= 0.6 is 11.3 Å². The Morgan fingerprint density at radius 2 is 1.36 bits per heavy atom. The number of thiophene rings is 1. The summed E-state index contributed by atoms with van der Waals surface area (Å²) in [4.78, 5) is 0. The summed E-state index contributed by atoms with van der Waals surface area (Å²) >= 11 is 1.93. The molecule has 3 nitrogen and oxygen atoms in total. The molecule has 11 aromatic rings. The van der Waals surface area contributed by atoms with E-state index in [0.717, 1.165) is 18.5 Å². The standard InChI is InChI=1S/C62H53N3SSi/c1-6-54-50(48-25-15-16-26-49(48)55-38-33-46(40-64(54)55)67(3,4)5)34-29-44-30-35-52-51-27-17-18-28-58(51)66-61(52)59(44)62-63(2)60-47-24-14-13-23-43(47)31-37-57(60)65(62)56-36-32-45(41-19-9-7-10-20-41)39-53(56)42-21-11-8-12-22-42/h6-28,30-33,35-40,50,54H,1,29,34H2,2-5H3/q+2. The molecule has 0 radical (unpaired) electrons. The summed E-state index contributed by atoms with van der Waals surface area (Å²) in [5, 5.41) is 6.56. The van der Waals surface area contributed by atoms with Crippen molar-refractivity contribution in [1.29, 1.82) is 0 Å². The maximum atomic E-state index is 4.53. The molecule has 8 aromatic carbocycles. The van der Waals surface area contributed by atoms with Crippen molar-refractivity contribution in [2.75, 3.05) is 0 Å². The molecule has 0 N–H and O–H groups in total. The van der Waals surface area contributed by atoms with Gasteiger partial charge in [-0.3, -0.25) is 0 Å². The topological polar surface area (TPSA) is 12.7 Å². The molecule has 67 heavy (non-hydrogen) atoms. The lowest BCUT2D eigenvalue weighted by Crippen LogP contribution is -2.52. The molecule has 2 unspecified atom stereocenters. The van der Waals surface area contributed by atoms with Crippen LogP contribution in [0.2, 0.25) is 19.6 Å². The van der Waals surface area contributed by atoms with Crippen LogP contribution in [0.4, 0.5) is 0 Å². The van der Waals surface area contributed by atoms with Crippen LogP contribution in [0.15, 0.2) is 207 Å². The van der Waals surface area contributed by atoms with Gasteiger partial charge in [0.1, 0.15) is 5.69 Å². The molecule has 1 aliphatic rings. The summed E-state index contributed by atoms with van der Waals surface area (Å²) in [6.07, 6.45) is 6.53. The first-order valence-electron chi connectivity index (χ1n) is 23.7. The lowest BCUT2D eigenvalue weighted by Gasteiger charge is -2.30. The molecule has 4 heterocycles. The van der Waals surface area contributed by atoms with E-state index in [2.05, 4.69) is 247 Å². The fraction of sp³-hybridized carbons (Fsp3) is 0.129. The molecule has 12 rings (SSSR count). The van der Waals surface area contributed by atoms with Crippen molar-refractivity contribution in [2.45, 2.75) is 44.4 Å². The Bertz CT molecular complexity index is 3730. The predicted octanol–water partition coefficient (Wildman–Crippen LogP) is 14.9. The lowest BCUT2D eigenvalue weighted by molar-refractivity contribution is -0.706. The zero-order chi connectivity index (χ0) is 45.4. The average molecular weight is 900 g/mol. The molecule has 0 spiro atoms. The first-order chi connectivity index (χ1) is 32.8. The van der Waals surface area contributed by atoms with Crippen LogP contribution in [0.1, 0.15) is 29.5 Å². The normalized spacial score (nSPS) is 14.7. The highest BCUT2D eigenvalue weighted by Gasteiger charge is 2.40. The Labute approximate surface area is 398 Å². The molecular weight excluding hydrogens is 847 g/mol. The molecule has 0 aliphatic carbocycles. The van der Waals surface area contributed by atoms with Crippen molar-refractivity contribution >= 4 is 66.6 Å². The highest BCUT2D eigenvalue weighted by Crippen LogP contribution is 2.47. The number of hydrogen-bond acceptors (Lipinski definition) is 1. The number of hydrogen-bond donors (Lipinski definition) is 0. The van der Waals surface area contributed by atoms with Gasteiger partial charge in [0.2, 0.25) is 5.69 Å². The smallest absolute Gasteiger partial charge is 0.225 e. The second kappa shape index (κ2) is 16.3. The summed E-state index contributed by atoms with van der Waals surface area (Å²) in [6.45, 7) is 11.9. The Morgan fingerprint density at radius 1 is 0.642 bits per heavy atom. The van der Waals surface area contributed by atoms with Crippen LogP contribution < -0.4 is 14.3 Å². The summed E-state index contributed by atoms with van der Waals surface area (Å²) in [5.74, 6) is 1.43. The van der Waals surface area contributed by atoms with Crippen LogP contribution in [0.3, 0.4) is 0 Å². The molecular formula is C62H53N3SSi+2. The predicted molar refractivity (Wildman–Crippen MR) is 287 cm³/mol. The van der Waals surface area contributed by atoms with Crippen molar-refractivity contribution in [2.24, 2.45) is 7.05 Å². The highest BCUT2D eigenvalue weighted by atomic mass is 32.1. The van der Waals surface area contributed by atoms with Gasteiger partial charge in [-0.15, -0.1) is 11.3 Å². The minimum atomic E-state index is -1.58. The van der Waals surface area contributed by atoms with Crippen LogP contribution in [-0.2, 0) is 13.5 Å². The van der Waals surface area contributed by atoms with E-state index in [9.17, 15) is 0 Å². The molecule has 0 fully saturated rings. The van der Waals surface area contributed by atoms with Gasteiger partial charge >= 0.3 is 0 Å². The molecule has 0 bridgehead atoms. The van der Waals surface area contributed by atoms with Crippen molar-refractivity contribution in [3.63, 3.8) is 0 Å². The molecule has 2 atom stereocenters. The number of fused-ring (bicyclic) bond motifs is 9. The van der Waals surface area contributed by atoms with Gasteiger partial charge in [0.05, 0.1) is 31.3 Å². The zero-order valence-electron chi connectivity index (χ0n) is 38.6. The lowest BCUT2D eigenvalue weighted by atomic mass is 9.79. The first-order valence-corrected chi connectivity index (χ1v) is 28.0. The Morgan fingerprint density at radius 3 is 2.15 bits per heavy atom. The number of benzene rings is 8. The average Bonchev–Trinajstić information content (AvgIpc) is 3.90. The first kappa shape index (κ1) is 41.3. The van der Waals surface area contributed by atoms with Crippen LogP contribution in [0.5, 0.6) is 0 Å². The number of pyridine rings is 1. The van der Waals surface area contributed by atoms with E-state index in [1.54, 1.807) is 0 Å². The van der Waals surface area contributed by atoms with Crippen LogP contribution in [-0.4, -0.2) is 12.6 Å². The van der Waals surface area contributed by atoms with Crippen LogP contribution in [0, 0.1) is 0 Å². The van der Waals surface area contributed by atoms with E-state index < -0.39 is 8.07 Å². The van der Waals surface area contributed by atoms with Gasteiger partial charge in [-0.1, -0.05) is 166 Å². The van der Waals surface area contributed by atoms with Gasteiger partial charge < -0.3 is 0 Å². The van der Waals surface area contributed by atoms with E-state index >= 15 is 0 Å². The van der Waals surface area contributed by atoms with Gasteiger partial charge in [-0.25, -0.2) is 4.57 Å². The minimum Gasteiger partial charge on any atom is -0.225 e. The number of aryl methyl sites for hydroxylation is 2. The number of rotatable bonds is 9. The summed E-state index contributed by atoms with van der Waals surface area (Å²) < 4.78 is 10.3. The Hall–Kier alpha value is -7.18. The van der Waals surface area contributed by atoms with Crippen LogP contribution in [0.25, 0.3) is 92.6 Å². The monoisotopic (exact) mass is 899 g/mol. The zero-order valence-corrected chi connectivity index (χ0v) is 40.4. The SMILES string of the molecule is C=CC1C(CCc2ccc3c(sc4ccccc43)c2-c2n(-c3ccc(-c4ccccc4)cc3-c3ccccc3)c3ccc4ccccc4c3[n+]2C)c2ccccc2-c2ccc([Si](C)(C)C)c[n+]21. The molecule has 0 saturated carbocycles. The maximum absolute atomic E-state index is 4.53. The maximum Gasteiger partial charge on any atom is 0.296 e. The Kier molecular flexibility index (Phi) is 10.0. The quantitative estimate of drug-likeness (QED) is 0.0778. The fourth-order valence-electron chi connectivity index (χ4n) is 11.1. The number of imidazole rings is 1. The van der Waals surface area contributed by atoms with Gasteiger partial charge in [-0.05, 0) is 94.6 Å². The van der Waals surface area contributed by atoms with Crippen molar-refractivity contribution in [3.05, 3.63) is 218 Å². The molecule has 0 amide bonds. The highest BCUT2D eigenvalue weighted by molar-refractivity contribution is 7.26. The van der Waals surface area contributed by atoms with Gasteiger partial charge in [0, 0.05) is 43.2 Å². The second-order valence-corrected chi connectivity index (χ2v) is 25.5. The third kappa shape index (κ3) is 6.82. The second-order valence-electron chi connectivity index (χ2n) is 19.3. The van der Waals surface area contributed by atoms with Crippen molar-refractivity contribution < 1.29 is 9.13 Å². The third-order valence-electron chi connectivity index (χ3n) is 14.5. The van der Waals surface area contributed by atoms with E-state index in [4.69, 9.17) is 0 Å². The number of aromatic nitrogens is 3.